The van der Waals surface area contributed by atoms with Gasteiger partial charge in [-0.2, -0.15) is 5.10 Å². The van der Waals surface area contributed by atoms with Crippen LogP contribution < -0.4 is 11.1 Å². The first-order valence-electron chi connectivity index (χ1n) is 6.70. The van der Waals surface area contributed by atoms with Crippen molar-refractivity contribution in [1.82, 2.24) is 19.4 Å². The van der Waals surface area contributed by atoms with E-state index in [1.54, 1.807) is 20.9 Å². The normalized spacial score (nSPS) is 11.9. The van der Waals surface area contributed by atoms with Crippen LogP contribution >= 0.6 is 0 Å². The van der Waals surface area contributed by atoms with Crippen LogP contribution in [0.1, 0.15) is 29.5 Å². The van der Waals surface area contributed by atoms with Crippen molar-refractivity contribution in [1.29, 1.82) is 0 Å². The Morgan fingerprint density at radius 3 is 2.52 bits per heavy atom. The van der Waals surface area contributed by atoms with Gasteiger partial charge in [0.1, 0.15) is 5.69 Å². The van der Waals surface area contributed by atoms with Gasteiger partial charge < -0.3 is 11.1 Å². The molecule has 0 saturated carbocycles. The molecule has 1 aromatic heterocycles. The van der Waals surface area contributed by atoms with Gasteiger partial charge in [-0.1, -0.05) is 6.92 Å². The summed E-state index contributed by atoms with van der Waals surface area (Å²) in [6, 6.07) is 0. The molecule has 3 N–H and O–H groups in total. The Bertz CT molecular complexity index is 609. The van der Waals surface area contributed by atoms with Crippen molar-refractivity contribution in [3.63, 3.8) is 0 Å². The van der Waals surface area contributed by atoms with E-state index in [0.717, 1.165) is 0 Å². The molecule has 0 aliphatic heterocycles. The number of nitrogens with two attached hydrogens (primary N) is 1. The number of carbonyl (C=O) groups is 1. The molecule has 8 nitrogen and oxygen atoms in total. The second-order valence-electron chi connectivity index (χ2n) is 4.84. The van der Waals surface area contributed by atoms with Crippen LogP contribution in [0.3, 0.4) is 0 Å². The highest BCUT2D eigenvalue weighted by Gasteiger charge is 2.18. The Kier molecular flexibility index (Phi) is 5.73. The first-order valence-corrected chi connectivity index (χ1v) is 8.55. The van der Waals surface area contributed by atoms with E-state index in [1.165, 1.54) is 15.2 Å². The molecule has 0 unspecified atom stereocenters. The summed E-state index contributed by atoms with van der Waals surface area (Å²) >= 11 is 0. The highest BCUT2D eigenvalue weighted by atomic mass is 32.2. The molecular formula is C12H23N5O3S. The lowest BCUT2D eigenvalue weighted by atomic mass is 10.3. The molecule has 1 aromatic rings. The summed E-state index contributed by atoms with van der Waals surface area (Å²) in [6.07, 6.45) is 1.71. The second-order valence-corrected chi connectivity index (χ2v) is 6.82. The summed E-state index contributed by atoms with van der Waals surface area (Å²) in [6.45, 7) is 4.67. The molecule has 0 aliphatic rings. The molecule has 0 aromatic carbocycles. The van der Waals surface area contributed by atoms with E-state index >= 15 is 0 Å². The number of carbonyl (C=O) groups excluding carboxylic acids is 1. The van der Waals surface area contributed by atoms with Crippen LogP contribution in [0, 0.1) is 6.92 Å². The smallest absolute Gasteiger partial charge is 0.271 e. The largest absolute Gasteiger partial charge is 0.395 e. The number of sulfonamides is 1. The predicted octanol–water partition coefficient (Wildman–Crippen LogP) is -0.288. The fraction of sp³-hybridized carbons (Fsp3) is 0.667. The highest BCUT2D eigenvalue weighted by molar-refractivity contribution is 7.88. The fourth-order valence-corrected chi connectivity index (χ4v) is 2.97. The van der Waals surface area contributed by atoms with Gasteiger partial charge >= 0.3 is 0 Å². The maximum atomic E-state index is 12.0. The molecular weight excluding hydrogens is 294 g/mol. The first kappa shape index (κ1) is 17.4. The van der Waals surface area contributed by atoms with Gasteiger partial charge in [0.2, 0.25) is 10.0 Å². The lowest BCUT2D eigenvalue weighted by Crippen LogP contribution is -2.34. The summed E-state index contributed by atoms with van der Waals surface area (Å²) in [5, 5.41) is 6.80. The zero-order valence-electron chi connectivity index (χ0n) is 12.9. The Hall–Kier alpha value is -1.61. The molecule has 1 amide bonds. The van der Waals surface area contributed by atoms with Gasteiger partial charge in [0.15, 0.2) is 0 Å². The zero-order valence-corrected chi connectivity index (χ0v) is 13.7. The standard InChI is InChI=1S/C12H23N5O3S/c1-5-17(21(4,19)20)8-6-7-14-12(18)11-10(13)9(2)15-16(11)3/h5-8,13H2,1-4H3,(H,14,18). The third-order valence-corrected chi connectivity index (χ3v) is 4.55. The van der Waals surface area contributed by atoms with Crippen molar-refractivity contribution in [2.45, 2.75) is 20.3 Å². The molecule has 0 saturated heterocycles. The van der Waals surface area contributed by atoms with E-state index in [2.05, 4.69) is 10.4 Å². The summed E-state index contributed by atoms with van der Waals surface area (Å²) in [5.41, 5.74) is 7.10. The van der Waals surface area contributed by atoms with Gasteiger partial charge in [-0.25, -0.2) is 12.7 Å². The zero-order chi connectivity index (χ0) is 16.2. The third-order valence-electron chi connectivity index (χ3n) is 3.18. The van der Waals surface area contributed by atoms with E-state index < -0.39 is 10.0 Å². The van der Waals surface area contributed by atoms with Crippen molar-refractivity contribution in [3.8, 4) is 0 Å². The Morgan fingerprint density at radius 1 is 1.48 bits per heavy atom. The van der Waals surface area contributed by atoms with Gasteiger partial charge in [0, 0.05) is 26.7 Å². The average molecular weight is 317 g/mol. The quantitative estimate of drug-likeness (QED) is 0.672. The minimum atomic E-state index is -3.19. The van der Waals surface area contributed by atoms with Gasteiger partial charge in [-0.05, 0) is 13.3 Å². The third kappa shape index (κ3) is 4.43. The number of nitrogens with zero attached hydrogens (tertiary/aromatic N) is 3. The SMILES string of the molecule is CCN(CCCNC(=O)c1c(N)c(C)nn1C)S(C)(=O)=O. The summed E-state index contributed by atoms with van der Waals surface area (Å²) in [4.78, 5) is 12.0. The van der Waals surface area contributed by atoms with E-state index in [0.29, 0.717) is 43.1 Å². The van der Waals surface area contributed by atoms with E-state index in [4.69, 9.17) is 5.73 Å². The molecule has 120 valence electrons. The fourth-order valence-electron chi connectivity index (χ4n) is 2.04. The van der Waals surface area contributed by atoms with Gasteiger partial charge in [0.05, 0.1) is 17.6 Å². The molecule has 9 heteroatoms. The maximum Gasteiger partial charge on any atom is 0.271 e. The van der Waals surface area contributed by atoms with Gasteiger partial charge in [0.25, 0.3) is 5.91 Å². The summed E-state index contributed by atoms with van der Waals surface area (Å²) in [7, 11) is -1.54. The number of rotatable bonds is 7. The number of amides is 1. The van der Waals surface area contributed by atoms with Crippen molar-refractivity contribution in [2.24, 2.45) is 7.05 Å². The molecule has 0 fully saturated rings. The first-order chi connectivity index (χ1) is 9.68. The summed E-state index contributed by atoms with van der Waals surface area (Å²) in [5.74, 6) is -0.307. The minimum Gasteiger partial charge on any atom is -0.395 e. The summed E-state index contributed by atoms with van der Waals surface area (Å²) < 4.78 is 25.6. The molecule has 0 spiro atoms. The number of aryl methyl sites for hydroxylation is 2. The molecule has 0 atom stereocenters. The Labute approximate surface area is 125 Å². The van der Waals surface area contributed by atoms with Crippen LogP contribution in [0.4, 0.5) is 5.69 Å². The van der Waals surface area contributed by atoms with Crippen molar-refractivity contribution >= 4 is 21.6 Å². The lowest BCUT2D eigenvalue weighted by Gasteiger charge is -2.17. The predicted molar refractivity (Wildman–Crippen MR) is 81.4 cm³/mol. The van der Waals surface area contributed by atoms with Crippen LogP contribution in [0.2, 0.25) is 0 Å². The average Bonchev–Trinajstić information content (AvgIpc) is 2.61. The molecule has 1 rings (SSSR count). The van der Waals surface area contributed by atoms with Gasteiger partial charge in [-0.15, -0.1) is 0 Å². The number of nitrogen functional groups attached to an aromatic ring is 1. The van der Waals surface area contributed by atoms with Crippen LogP contribution in [0.25, 0.3) is 0 Å². The second kappa shape index (κ2) is 6.90. The monoisotopic (exact) mass is 317 g/mol. The Morgan fingerprint density at radius 2 is 2.10 bits per heavy atom. The number of nitrogens with one attached hydrogen (secondary N) is 1. The van der Waals surface area contributed by atoms with E-state index in [9.17, 15) is 13.2 Å². The molecule has 21 heavy (non-hydrogen) atoms. The number of hydrogen-bond donors (Lipinski definition) is 2. The minimum absolute atomic E-state index is 0.307. The lowest BCUT2D eigenvalue weighted by molar-refractivity contribution is 0.0944. The van der Waals surface area contributed by atoms with Crippen LogP contribution in [-0.4, -0.2) is 54.3 Å². The maximum absolute atomic E-state index is 12.0. The van der Waals surface area contributed by atoms with E-state index in [1.807, 2.05) is 0 Å². The van der Waals surface area contributed by atoms with E-state index in [-0.39, 0.29) is 5.91 Å². The topological polar surface area (TPSA) is 110 Å². The number of aromatic nitrogens is 2. The molecule has 0 aliphatic carbocycles. The number of hydrogen-bond acceptors (Lipinski definition) is 5. The van der Waals surface area contributed by atoms with Gasteiger partial charge in [-0.3, -0.25) is 9.48 Å². The van der Waals surface area contributed by atoms with Crippen molar-refractivity contribution in [2.75, 3.05) is 31.6 Å². The van der Waals surface area contributed by atoms with Crippen LogP contribution in [-0.2, 0) is 17.1 Å². The Balaban J connectivity index is 2.51. The van der Waals surface area contributed by atoms with Crippen LogP contribution in [0.15, 0.2) is 0 Å². The highest BCUT2D eigenvalue weighted by Crippen LogP contribution is 2.14. The molecule has 0 bridgehead atoms. The van der Waals surface area contributed by atoms with Crippen molar-refractivity contribution < 1.29 is 13.2 Å². The molecule has 1 heterocycles. The molecule has 0 radical (unpaired) electrons. The number of anilines is 1. The van der Waals surface area contributed by atoms with Crippen molar-refractivity contribution in [3.05, 3.63) is 11.4 Å². The van der Waals surface area contributed by atoms with Crippen LogP contribution in [0.5, 0.6) is 0 Å².